The molecule has 0 radical (unpaired) electrons. The first-order valence-corrected chi connectivity index (χ1v) is 21.7. The van der Waals surface area contributed by atoms with E-state index >= 15 is 0 Å². The fourth-order valence-corrected chi connectivity index (χ4v) is 10.6. The van der Waals surface area contributed by atoms with Crippen LogP contribution in [0.1, 0.15) is 43.2 Å². The molecule has 62 heavy (non-hydrogen) atoms. The van der Waals surface area contributed by atoms with Crippen molar-refractivity contribution in [2.45, 2.75) is 37.5 Å². The van der Waals surface area contributed by atoms with Gasteiger partial charge in [-0.15, -0.1) is 0 Å². The standard InChI is InChI=1S/C57H39N3O2/c1-8-29-57(30-9-1)47-21-5-2-19-46(47)53-41(20-12-22-48(53)57)37-15-10-13-35(31-37)36-14-11-16-38(32-36)54-58-55(39-25-27-44-42-17-3-6-23-49(42)61-51(44)33-39)60-56(59-54)40-26-28-45-43-18-4-7-24-50(43)62-52(45)34-40/h2-7,10-28,31-34H,1,8-9,29-30H2. The van der Waals surface area contributed by atoms with Crippen LogP contribution >= 0.6 is 0 Å². The number of furan rings is 2. The molecule has 1 saturated carbocycles. The van der Waals surface area contributed by atoms with Crippen LogP contribution in [0, 0.1) is 0 Å². The first-order chi connectivity index (χ1) is 30.7. The first kappa shape index (κ1) is 35.2. The van der Waals surface area contributed by atoms with Crippen LogP contribution in [0.3, 0.4) is 0 Å². The molecule has 0 N–H and O–H groups in total. The van der Waals surface area contributed by atoms with Gasteiger partial charge < -0.3 is 8.83 Å². The summed E-state index contributed by atoms with van der Waals surface area (Å²) in [6, 6.07) is 62.4. The second-order valence-corrected chi connectivity index (χ2v) is 17.0. The van der Waals surface area contributed by atoms with Gasteiger partial charge in [-0.1, -0.05) is 147 Å². The number of aromatic nitrogens is 3. The number of nitrogens with zero attached hydrogens (tertiary/aromatic N) is 3. The normalized spacial score (nSPS) is 14.3. The van der Waals surface area contributed by atoms with E-state index in [-0.39, 0.29) is 5.41 Å². The van der Waals surface area contributed by atoms with E-state index in [0.29, 0.717) is 17.5 Å². The number of para-hydroxylation sites is 2. The van der Waals surface area contributed by atoms with Crippen LogP contribution in [0.5, 0.6) is 0 Å². The number of hydrogen-bond donors (Lipinski definition) is 0. The molecule has 1 spiro atoms. The molecule has 294 valence electrons. The van der Waals surface area contributed by atoms with E-state index in [1.165, 1.54) is 65.5 Å². The fraction of sp³-hybridized carbons (Fsp3) is 0.105. The summed E-state index contributed by atoms with van der Waals surface area (Å²) in [6.45, 7) is 0. The molecule has 5 nitrogen and oxygen atoms in total. The van der Waals surface area contributed by atoms with Crippen LogP contribution in [0.25, 0.3) is 111 Å². The Morgan fingerprint density at radius 1 is 0.339 bits per heavy atom. The van der Waals surface area contributed by atoms with Crippen LogP contribution in [-0.4, -0.2) is 15.0 Å². The van der Waals surface area contributed by atoms with Crippen molar-refractivity contribution in [1.29, 1.82) is 0 Å². The molecule has 8 aromatic carbocycles. The summed E-state index contributed by atoms with van der Waals surface area (Å²) in [7, 11) is 0. The molecule has 0 amide bonds. The lowest BCUT2D eigenvalue weighted by molar-refractivity contribution is 0.353. The number of benzene rings is 8. The highest BCUT2D eigenvalue weighted by atomic mass is 16.3. The summed E-state index contributed by atoms with van der Waals surface area (Å²) in [6.07, 6.45) is 6.32. The molecule has 0 unspecified atom stereocenters. The molecule has 2 aliphatic rings. The molecule has 2 aliphatic carbocycles. The van der Waals surface area contributed by atoms with Gasteiger partial charge in [0.05, 0.1) is 0 Å². The van der Waals surface area contributed by atoms with Crippen molar-refractivity contribution in [2.75, 3.05) is 0 Å². The smallest absolute Gasteiger partial charge is 0.164 e. The Morgan fingerprint density at radius 3 is 1.45 bits per heavy atom. The Bertz CT molecular complexity index is 3460. The average molecular weight is 798 g/mol. The maximum Gasteiger partial charge on any atom is 0.164 e. The highest BCUT2D eigenvalue weighted by Gasteiger charge is 2.44. The van der Waals surface area contributed by atoms with E-state index < -0.39 is 0 Å². The Hall–Kier alpha value is -7.63. The summed E-state index contributed by atoms with van der Waals surface area (Å²) < 4.78 is 12.6. The average Bonchev–Trinajstić information content (AvgIpc) is 3.99. The fourth-order valence-electron chi connectivity index (χ4n) is 10.6. The molecule has 1 fully saturated rings. The number of rotatable bonds is 5. The van der Waals surface area contributed by atoms with Gasteiger partial charge >= 0.3 is 0 Å². The van der Waals surface area contributed by atoms with E-state index in [2.05, 4.69) is 127 Å². The predicted molar refractivity (Wildman–Crippen MR) is 251 cm³/mol. The van der Waals surface area contributed by atoms with Gasteiger partial charge in [0.25, 0.3) is 0 Å². The van der Waals surface area contributed by atoms with E-state index in [4.69, 9.17) is 23.8 Å². The minimum Gasteiger partial charge on any atom is -0.456 e. The molecule has 0 aliphatic heterocycles. The van der Waals surface area contributed by atoms with E-state index in [0.717, 1.165) is 71.7 Å². The minimum absolute atomic E-state index is 0.115. The molecule has 0 saturated heterocycles. The van der Waals surface area contributed by atoms with Crippen molar-refractivity contribution in [3.63, 3.8) is 0 Å². The third kappa shape index (κ3) is 5.44. The zero-order valence-electron chi connectivity index (χ0n) is 33.9. The molecule has 0 bridgehead atoms. The van der Waals surface area contributed by atoms with Crippen LogP contribution in [0.4, 0.5) is 0 Å². The molecule has 0 atom stereocenters. The third-order valence-electron chi connectivity index (χ3n) is 13.5. The molecule has 3 heterocycles. The number of hydrogen-bond acceptors (Lipinski definition) is 5. The second-order valence-electron chi connectivity index (χ2n) is 17.0. The van der Waals surface area contributed by atoms with Crippen molar-refractivity contribution in [3.8, 4) is 67.5 Å². The van der Waals surface area contributed by atoms with Crippen LogP contribution in [-0.2, 0) is 5.41 Å². The van der Waals surface area contributed by atoms with Crippen LogP contribution in [0.2, 0.25) is 0 Å². The molecule has 11 aromatic rings. The van der Waals surface area contributed by atoms with Crippen molar-refractivity contribution in [1.82, 2.24) is 15.0 Å². The quantitative estimate of drug-likeness (QED) is 0.174. The van der Waals surface area contributed by atoms with Crippen molar-refractivity contribution >= 4 is 43.9 Å². The molecule has 3 aromatic heterocycles. The van der Waals surface area contributed by atoms with E-state index in [1.807, 2.05) is 48.5 Å². The van der Waals surface area contributed by atoms with Gasteiger partial charge in [-0.3, -0.25) is 0 Å². The Kier molecular flexibility index (Phi) is 7.77. The summed E-state index contributed by atoms with van der Waals surface area (Å²) in [5, 5.41) is 4.28. The van der Waals surface area contributed by atoms with Crippen LogP contribution in [0.15, 0.2) is 185 Å². The molecular formula is C57H39N3O2. The number of fused-ring (bicyclic) bond motifs is 11. The van der Waals surface area contributed by atoms with Crippen molar-refractivity contribution in [2.24, 2.45) is 0 Å². The zero-order chi connectivity index (χ0) is 40.8. The molecular weight excluding hydrogens is 759 g/mol. The third-order valence-corrected chi connectivity index (χ3v) is 13.5. The SMILES string of the molecule is c1cc(-c2cccc(-c3cccc4c3-c3ccccc3C43CCCCC3)c2)cc(-c2nc(-c3ccc4c(c3)oc3ccccc34)nc(-c3ccc4c(c3)oc3ccccc34)n2)c1. The maximum atomic E-state index is 6.32. The van der Waals surface area contributed by atoms with Gasteiger partial charge in [-0.25, -0.2) is 15.0 Å². The monoisotopic (exact) mass is 797 g/mol. The van der Waals surface area contributed by atoms with Gasteiger partial charge in [0.2, 0.25) is 0 Å². The van der Waals surface area contributed by atoms with Gasteiger partial charge in [-0.2, -0.15) is 0 Å². The zero-order valence-corrected chi connectivity index (χ0v) is 33.9. The van der Waals surface area contributed by atoms with Gasteiger partial charge in [0.1, 0.15) is 22.3 Å². The largest absolute Gasteiger partial charge is 0.456 e. The maximum absolute atomic E-state index is 6.32. The summed E-state index contributed by atoms with van der Waals surface area (Å²) >= 11 is 0. The van der Waals surface area contributed by atoms with Crippen molar-refractivity contribution < 1.29 is 8.83 Å². The Balaban J connectivity index is 0.931. The second kappa shape index (κ2) is 13.7. The van der Waals surface area contributed by atoms with E-state index in [1.54, 1.807) is 0 Å². The summed E-state index contributed by atoms with van der Waals surface area (Å²) in [5.41, 5.74) is 16.6. The lowest BCUT2D eigenvalue weighted by atomic mass is 9.68. The topological polar surface area (TPSA) is 65.0 Å². The lowest BCUT2D eigenvalue weighted by Gasteiger charge is -2.36. The highest BCUT2D eigenvalue weighted by molar-refractivity contribution is 6.07. The summed E-state index contributed by atoms with van der Waals surface area (Å²) in [4.78, 5) is 15.5. The lowest BCUT2D eigenvalue weighted by Crippen LogP contribution is -2.27. The Labute approximate surface area is 358 Å². The van der Waals surface area contributed by atoms with Gasteiger partial charge in [-0.05, 0) is 106 Å². The first-order valence-electron chi connectivity index (χ1n) is 21.7. The van der Waals surface area contributed by atoms with Gasteiger partial charge in [0, 0.05) is 43.7 Å². The highest BCUT2D eigenvalue weighted by Crippen LogP contribution is 2.58. The van der Waals surface area contributed by atoms with E-state index in [9.17, 15) is 0 Å². The molecule has 5 heteroatoms. The van der Waals surface area contributed by atoms with Crippen LogP contribution < -0.4 is 0 Å². The minimum atomic E-state index is 0.115. The predicted octanol–water partition coefficient (Wildman–Crippen LogP) is 15.2. The van der Waals surface area contributed by atoms with Gasteiger partial charge in [0.15, 0.2) is 17.5 Å². The van der Waals surface area contributed by atoms with Crippen molar-refractivity contribution in [3.05, 3.63) is 187 Å². The molecule has 13 rings (SSSR count). The Morgan fingerprint density at radius 2 is 0.806 bits per heavy atom. The summed E-state index contributed by atoms with van der Waals surface area (Å²) in [5.74, 6) is 1.73.